The molecule has 0 saturated carbocycles. The zero-order chi connectivity index (χ0) is 21.6. The number of carbonyl (C=O) groups is 1. The van der Waals surface area contributed by atoms with Gasteiger partial charge in [0, 0.05) is 0 Å². The van der Waals surface area contributed by atoms with Crippen molar-refractivity contribution in [2.45, 2.75) is 26.3 Å². The number of hydrogen-bond donors (Lipinski definition) is 1. The van der Waals surface area contributed by atoms with E-state index in [9.17, 15) is 13.2 Å². The van der Waals surface area contributed by atoms with Crippen molar-refractivity contribution >= 4 is 21.6 Å². The van der Waals surface area contributed by atoms with E-state index < -0.39 is 15.9 Å². The molecular weight excluding hydrogens is 392 g/mol. The second-order valence-corrected chi connectivity index (χ2v) is 8.56. The number of aryl methyl sites for hydroxylation is 1. The Morgan fingerprint density at radius 1 is 1.10 bits per heavy atom. The third-order valence-corrected chi connectivity index (χ3v) is 5.74. The largest absolute Gasteiger partial charge is 0.493 e. The van der Waals surface area contributed by atoms with Crippen LogP contribution in [0.2, 0.25) is 0 Å². The molecule has 2 aromatic carbocycles. The summed E-state index contributed by atoms with van der Waals surface area (Å²) in [5, 5.41) is 2.85. The topological polar surface area (TPSA) is 84.9 Å². The Bertz CT molecular complexity index is 959. The van der Waals surface area contributed by atoms with E-state index >= 15 is 0 Å². The number of rotatable bonds is 9. The molecule has 1 unspecified atom stereocenters. The van der Waals surface area contributed by atoms with Crippen LogP contribution in [0.3, 0.4) is 0 Å². The van der Waals surface area contributed by atoms with Crippen molar-refractivity contribution in [2.24, 2.45) is 0 Å². The fourth-order valence-electron chi connectivity index (χ4n) is 3.06. The Kier molecular flexibility index (Phi) is 7.50. The quantitative estimate of drug-likeness (QED) is 0.674. The van der Waals surface area contributed by atoms with Crippen LogP contribution in [-0.4, -0.2) is 41.3 Å². The molecule has 0 spiro atoms. The first-order valence-corrected chi connectivity index (χ1v) is 11.1. The molecule has 1 N–H and O–H groups in total. The lowest BCUT2D eigenvalue weighted by molar-refractivity contribution is -0.120. The Morgan fingerprint density at radius 2 is 1.76 bits per heavy atom. The molecule has 0 fully saturated rings. The average Bonchev–Trinajstić information content (AvgIpc) is 2.70. The number of amides is 1. The number of hydrogen-bond acceptors (Lipinski definition) is 5. The third-order valence-electron chi connectivity index (χ3n) is 4.61. The summed E-state index contributed by atoms with van der Waals surface area (Å²) in [6.07, 6.45) is 1.76. The van der Waals surface area contributed by atoms with E-state index in [0.717, 1.165) is 21.7 Å². The molecule has 0 heterocycles. The first-order chi connectivity index (χ1) is 13.7. The van der Waals surface area contributed by atoms with E-state index in [0.29, 0.717) is 23.6 Å². The summed E-state index contributed by atoms with van der Waals surface area (Å²) < 4.78 is 36.4. The van der Waals surface area contributed by atoms with Crippen LogP contribution in [-0.2, 0) is 21.2 Å². The molecule has 0 radical (unpaired) electrons. The second kappa shape index (κ2) is 9.65. The number of nitrogens with zero attached hydrogens (tertiary/aromatic N) is 1. The van der Waals surface area contributed by atoms with Crippen LogP contribution in [0.25, 0.3) is 0 Å². The first kappa shape index (κ1) is 22.5. The van der Waals surface area contributed by atoms with Gasteiger partial charge in [-0.3, -0.25) is 9.10 Å². The van der Waals surface area contributed by atoms with E-state index in [1.807, 2.05) is 32.0 Å². The van der Waals surface area contributed by atoms with Gasteiger partial charge in [0.1, 0.15) is 6.54 Å². The van der Waals surface area contributed by atoms with Crippen LogP contribution in [0.5, 0.6) is 11.5 Å². The maximum Gasteiger partial charge on any atom is 0.241 e. The van der Waals surface area contributed by atoms with Crippen molar-refractivity contribution in [1.29, 1.82) is 0 Å². The van der Waals surface area contributed by atoms with Crippen molar-refractivity contribution in [1.82, 2.24) is 5.32 Å². The molecule has 2 rings (SSSR count). The molecule has 2 aromatic rings. The number of para-hydroxylation sites is 1. The fraction of sp³-hybridized carbons (Fsp3) is 0.381. The maximum absolute atomic E-state index is 12.7. The molecule has 0 aromatic heterocycles. The minimum Gasteiger partial charge on any atom is -0.493 e. The van der Waals surface area contributed by atoms with Gasteiger partial charge >= 0.3 is 0 Å². The predicted octanol–water partition coefficient (Wildman–Crippen LogP) is 2.91. The molecule has 0 aliphatic rings. The monoisotopic (exact) mass is 420 g/mol. The minimum absolute atomic E-state index is 0.298. The van der Waals surface area contributed by atoms with Crippen molar-refractivity contribution < 1.29 is 22.7 Å². The number of sulfonamides is 1. The second-order valence-electron chi connectivity index (χ2n) is 6.66. The molecular formula is C21H28N2O5S. The number of nitrogens with one attached hydrogen (secondary N) is 1. The highest BCUT2D eigenvalue weighted by atomic mass is 32.2. The molecule has 29 heavy (non-hydrogen) atoms. The van der Waals surface area contributed by atoms with Gasteiger partial charge in [0.2, 0.25) is 15.9 Å². The van der Waals surface area contributed by atoms with Gasteiger partial charge in [0.15, 0.2) is 11.5 Å². The van der Waals surface area contributed by atoms with E-state index in [4.69, 9.17) is 9.47 Å². The molecule has 0 bridgehead atoms. The Balaban J connectivity index is 2.20. The zero-order valence-corrected chi connectivity index (χ0v) is 18.2. The number of benzene rings is 2. The highest BCUT2D eigenvalue weighted by Crippen LogP contribution is 2.30. The van der Waals surface area contributed by atoms with Crippen LogP contribution in [0, 0.1) is 0 Å². The molecule has 7 nitrogen and oxygen atoms in total. The predicted molar refractivity (Wildman–Crippen MR) is 114 cm³/mol. The average molecular weight is 421 g/mol. The standard InChI is InChI=1S/C21H28N2O5S/c1-6-16-9-7-8-10-18(16)23(29(5,25)26)14-21(24)22-15(2)17-11-12-19(27-3)20(13-17)28-4/h7-13,15H,6,14H2,1-5H3,(H,22,24). The summed E-state index contributed by atoms with van der Waals surface area (Å²) in [7, 11) is -0.536. The van der Waals surface area contributed by atoms with E-state index in [-0.39, 0.29) is 12.6 Å². The summed E-state index contributed by atoms with van der Waals surface area (Å²) in [6, 6.07) is 12.2. The molecule has 158 valence electrons. The highest BCUT2D eigenvalue weighted by Gasteiger charge is 2.23. The maximum atomic E-state index is 12.7. The van der Waals surface area contributed by atoms with Gasteiger partial charge in [-0.1, -0.05) is 31.2 Å². The number of methoxy groups -OCH3 is 2. The number of ether oxygens (including phenoxy) is 2. The Hall–Kier alpha value is -2.74. The molecule has 8 heteroatoms. The van der Waals surface area contributed by atoms with Gasteiger partial charge in [-0.15, -0.1) is 0 Å². The van der Waals surface area contributed by atoms with Gasteiger partial charge in [-0.25, -0.2) is 8.42 Å². The van der Waals surface area contributed by atoms with Gasteiger partial charge in [0.05, 0.1) is 32.2 Å². The summed E-state index contributed by atoms with van der Waals surface area (Å²) in [5.74, 6) is 0.749. The molecule has 1 amide bonds. The van der Waals surface area contributed by atoms with Crippen molar-refractivity contribution in [3.05, 3.63) is 53.6 Å². The summed E-state index contributed by atoms with van der Waals surface area (Å²) >= 11 is 0. The van der Waals surface area contributed by atoms with Gasteiger partial charge in [-0.05, 0) is 42.7 Å². The number of anilines is 1. The van der Waals surface area contributed by atoms with Crippen molar-refractivity contribution in [3.8, 4) is 11.5 Å². The van der Waals surface area contributed by atoms with Crippen molar-refractivity contribution in [2.75, 3.05) is 31.3 Å². The van der Waals surface area contributed by atoms with Gasteiger partial charge < -0.3 is 14.8 Å². The Morgan fingerprint density at radius 3 is 2.34 bits per heavy atom. The van der Waals surface area contributed by atoms with Gasteiger partial charge in [0.25, 0.3) is 0 Å². The minimum atomic E-state index is -3.63. The van der Waals surface area contributed by atoms with Crippen LogP contribution in [0.1, 0.15) is 31.0 Å². The molecule has 0 saturated heterocycles. The van der Waals surface area contributed by atoms with Crippen molar-refractivity contribution in [3.63, 3.8) is 0 Å². The lowest BCUT2D eigenvalue weighted by Crippen LogP contribution is -2.41. The fourth-order valence-corrected chi connectivity index (χ4v) is 3.94. The highest BCUT2D eigenvalue weighted by molar-refractivity contribution is 7.92. The first-order valence-electron chi connectivity index (χ1n) is 9.28. The lowest BCUT2D eigenvalue weighted by Gasteiger charge is -2.25. The van der Waals surface area contributed by atoms with Gasteiger partial charge in [-0.2, -0.15) is 0 Å². The molecule has 1 atom stereocenters. The zero-order valence-electron chi connectivity index (χ0n) is 17.4. The summed E-state index contributed by atoms with van der Waals surface area (Å²) in [4.78, 5) is 12.7. The van der Waals surface area contributed by atoms with E-state index in [2.05, 4.69) is 5.32 Å². The summed E-state index contributed by atoms with van der Waals surface area (Å²) in [5.41, 5.74) is 2.20. The molecule has 0 aliphatic heterocycles. The third kappa shape index (κ3) is 5.63. The Labute approximate surface area is 172 Å². The SMILES string of the molecule is CCc1ccccc1N(CC(=O)NC(C)c1ccc(OC)c(OC)c1)S(C)(=O)=O. The van der Waals surface area contributed by atoms with Crippen LogP contribution < -0.4 is 19.1 Å². The van der Waals surface area contributed by atoms with E-state index in [1.165, 1.54) is 0 Å². The van der Waals surface area contributed by atoms with E-state index in [1.54, 1.807) is 38.5 Å². The summed E-state index contributed by atoms with van der Waals surface area (Å²) in [6.45, 7) is 3.47. The normalized spacial score (nSPS) is 12.2. The lowest BCUT2D eigenvalue weighted by atomic mass is 10.1. The molecule has 0 aliphatic carbocycles. The van der Waals surface area contributed by atoms with Crippen LogP contribution in [0.15, 0.2) is 42.5 Å². The van der Waals surface area contributed by atoms with Crippen LogP contribution >= 0.6 is 0 Å². The number of carbonyl (C=O) groups excluding carboxylic acids is 1. The smallest absolute Gasteiger partial charge is 0.241 e. The van der Waals surface area contributed by atoms with Crippen LogP contribution in [0.4, 0.5) is 5.69 Å².